The highest BCUT2D eigenvalue weighted by molar-refractivity contribution is 7.99. The number of hydrogen-bond donors (Lipinski definition) is 1. The average Bonchev–Trinajstić information content (AvgIpc) is 3.37. The van der Waals surface area contributed by atoms with Crippen LogP contribution in [0.2, 0.25) is 0 Å². The monoisotopic (exact) mass is 407 g/mol. The van der Waals surface area contributed by atoms with Crippen LogP contribution in [0.3, 0.4) is 0 Å². The molecule has 0 atom stereocenters. The van der Waals surface area contributed by atoms with Crippen LogP contribution < -0.4 is 5.32 Å². The summed E-state index contributed by atoms with van der Waals surface area (Å²) in [6, 6.07) is 12.3. The molecule has 7 heteroatoms. The Morgan fingerprint density at radius 1 is 1.17 bits per heavy atom. The molecule has 1 N–H and O–H groups in total. The first-order chi connectivity index (χ1) is 14.1. The van der Waals surface area contributed by atoms with Crippen LogP contribution in [0, 0.1) is 13.8 Å². The fourth-order valence-corrected chi connectivity index (χ4v) is 4.52. The average molecular weight is 408 g/mol. The first kappa shape index (κ1) is 19.6. The van der Waals surface area contributed by atoms with Gasteiger partial charge in [-0.25, -0.2) is 0 Å². The number of benzene rings is 1. The Morgan fingerprint density at radius 3 is 2.72 bits per heavy atom. The van der Waals surface area contributed by atoms with Gasteiger partial charge in [0.25, 0.3) is 0 Å². The second-order valence-corrected chi connectivity index (χ2v) is 8.43. The molecule has 2 heterocycles. The highest BCUT2D eigenvalue weighted by Crippen LogP contribution is 2.29. The van der Waals surface area contributed by atoms with E-state index in [0.717, 1.165) is 29.8 Å². The molecule has 4 rings (SSSR count). The van der Waals surface area contributed by atoms with Crippen LogP contribution in [0.25, 0.3) is 17.2 Å². The van der Waals surface area contributed by atoms with Crippen molar-refractivity contribution < 1.29 is 4.79 Å². The van der Waals surface area contributed by atoms with Crippen molar-refractivity contribution in [3.63, 3.8) is 0 Å². The quantitative estimate of drug-likeness (QED) is 0.623. The molecule has 1 amide bonds. The smallest absolute Gasteiger partial charge is 0.230 e. The summed E-state index contributed by atoms with van der Waals surface area (Å²) in [7, 11) is 0. The van der Waals surface area contributed by atoms with Gasteiger partial charge < -0.3 is 5.32 Å². The minimum Gasteiger partial charge on any atom is -0.353 e. The van der Waals surface area contributed by atoms with Crippen molar-refractivity contribution in [2.75, 3.05) is 5.75 Å². The molecule has 0 saturated heterocycles. The molecule has 150 valence electrons. The summed E-state index contributed by atoms with van der Waals surface area (Å²) >= 11 is 1.41. The fraction of sp³-hybridized carbons (Fsp3) is 0.364. The number of carbonyl (C=O) groups is 1. The second-order valence-electron chi connectivity index (χ2n) is 7.48. The molecule has 2 aromatic heterocycles. The minimum atomic E-state index is 0.0523. The van der Waals surface area contributed by atoms with Gasteiger partial charge in [0.05, 0.1) is 11.4 Å². The zero-order valence-electron chi connectivity index (χ0n) is 16.8. The van der Waals surface area contributed by atoms with Gasteiger partial charge in [-0.2, -0.15) is 0 Å². The number of nitrogens with zero attached hydrogens (tertiary/aromatic N) is 4. The Morgan fingerprint density at radius 2 is 2.00 bits per heavy atom. The zero-order chi connectivity index (χ0) is 20.2. The number of aromatic nitrogens is 4. The molecular weight excluding hydrogens is 382 g/mol. The SMILES string of the molecule is Cc1ccc(-n2c(SCC(=O)NC3CCCC3)nnc2-c2ccccn2)c(C)c1. The van der Waals surface area contributed by atoms with E-state index < -0.39 is 0 Å². The third-order valence-corrected chi connectivity index (χ3v) is 6.10. The van der Waals surface area contributed by atoms with Gasteiger partial charge >= 0.3 is 0 Å². The third kappa shape index (κ3) is 4.50. The summed E-state index contributed by atoms with van der Waals surface area (Å²) in [6.07, 6.45) is 6.31. The molecule has 1 fully saturated rings. The number of pyridine rings is 1. The molecule has 0 bridgehead atoms. The maximum Gasteiger partial charge on any atom is 0.230 e. The molecule has 6 nitrogen and oxygen atoms in total. The van der Waals surface area contributed by atoms with Crippen molar-refractivity contribution in [1.82, 2.24) is 25.1 Å². The molecular formula is C22H25N5OS. The predicted molar refractivity (Wildman–Crippen MR) is 115 cm³/mol. The lowest BCUT2D eigenvalue weighted by atomic mass is 10.1. The molecule has 0 radical (unpaired) electrons. The van der Waals surface area contributed by atoms with Crippen molar-refractivity contribution in [2.45, 2.75) is 50.7 Å². The van der Waals surface area contributed by atoms with Gasteiger partial charge in [0.2, 0.25) is 5.91 Å². The Labute approximate surface area is 175 Å². The van der Waals surface area contributed by atoms with E-state index in [1.807, 2.05) is 22.8 Å². The van der Waals surface area contributed by atoms with Gasteiger partial charge in [-0.3, -0.25) is 14.3 Å². The van der Waals surface area contributed by atoms with E-state index in [-0.39, 0.29) is 5.91 Å². The van der Waals surface area contributed by atoms with E-state index in [2.05, 4.69) is 52.5 Å². The zero-order valence-corrected chi connectivity index (χ0v) is 17.6. The fourth-order valence-electron chi connectivity index (χ4n) is 3.77. The van der Waals surface area contributed by atoms with Gasteiger partial charge in [0.15, 0.2) is 11.0 Å². The summed E-state index contributed by atoms with van der Waals surface area (Å²) in [5, 5.41) is 12.6. The maximum atomic E-state index is 12.4. The van der Waals surface area contributed by atoms with Crippen molar-refractivity contribution in [1.29, 1.82) is 0 Å². The van der Waals surface area contributed by atoms with Crippen LogP contribution in [0.15, 0.2) is 47.8 Å². The predicted octanol–water partition coefficient (Wildman–Crippen LogP) is 4.10. The van der Waals surface area contributed by atoms with E-state index >= 15 is 0 Å². The molecule has 3 aromatic rings. The van der Waals surface area contributed by atoms with Crippen molar-refractivity contribution >= 4 is 17.7 Å². The first-order valence-electron chi connectivity index (χ1n) is 9.98. The lowest BCUT2D eigenvalue weighted by Crippen LogP contribution is -2.33. The summed E-state index contributed by atoms with van der Waals surface area (Å²) in [5.74, 6) is 1.05. The number of amides is 1. The standard InChI is InChI=1S/C22H25N5OS/c1-15-10-11-19(16(2)13-15)27-21(18-9-5-6-12-23-18)25-26-22(27)29-14-20(28)24-17-7-3-4-8-17/h5-6,9-13,17H,3-4,7-8,14H2,1-2H3,(H,24,28). The number of hydrogen-bond acceptors (Lipinski definition) is 5. The van der Waals surface area contributed by atoms with Gasteiger partial charge in [0, 0.05) is 12.2 Å². The van der Waals surface area contributed by atoms with Crippen LogP contribution in [0.1, 0.15) is 36.8 Å². The summed E-state index contributed by atoms with van der Waals surface area (Å²) in [5.41, 5.74) is 4.07. The molecule has 1 saturated carbocycles. The lowest BCUT2D eigenvalue weighted by molar-refractivity contribution is -0.119. The number of aryl methyl sites for hydroxylation is 2. The van der Waals surface area contributed by atoms with E-state index in [9.17, 15) is 4.79 Å². The molecule has 1 aromatic carbocycles. The van der Waals surface area contributed by atoms with E-state index in [4.69, 9.17) is 0 Å². The summed E-state index contributed by atoms with van der Waals surface area (Å²) < 4.78 is 2.00. The lowest BCUT2D eigenvalue weighted by Gasteiger charge is -2.14. The van der Waals surface area contributed by atoms with Crippen LogP contribution in [-0.4, -0.2) is 37.5 Å². The molecule has 1 aliphatic carbocycles. The Hall–Kier alpha value is -2.67. The van der Waals surface area contributed by atoms with Gasteiger partial charge in [-0.05, 0) is 50.5 Å². The van der Waals surface area contributed by atoms with Crippen LogP contribution in [-0.2, 0) is 4.79 Å². The second kappa shape index (κ2) is 8.78. The molecule has 0 spiro atoms. The Kier molecular flexibility index (Phi) is 5.94. The number of thioether (sulfide) groups is 1. The minimum absolute atomic E-state index is 0.0523. The molecule has 0 aliphatic heterocycles. The topological polar surface area (TPSA) is 72.7 Å². The van der Waals surface area contributed by atoms with Gasteiger partial charge in [0.1, 0.15) is 5.69 Å². The summed E-state index contributed by atoms with van der Waals surface area (Å²) in [6.45, 7) is 4.15. The number of nitrogens with one attached hydrogen (secondary N) is 1. The van der Waals surface area contributed by atoms with Gasteiger partial charge in [-0.1, -0.05) is 48.4 Å². The highest BCUT2D eigenvalue weighted by atomic mass is 32.2. The van der Waals surface area contributed by atoms with E-state index in [1.54, 1.807) is 6.20 Å². The number of carbonyl (C=O) groups excluding carboxylic acids is 1. The van der Waals surface area contributed by atoms with E-state index in [0.29, 0.717) is 22.8 Å². The molecule has 0 unspecified atom stereocenters. The Balaban J connectivity index is 1.63. The van der Waals surface area contributed by atoms with Crippen molar-refractivity contribution in [3.05, 3.63) is 53.7 Å². The highest BCUT2D eigenvalue weighted by Gasteiger charge is 2.21. The number of rotatable bonds is 6. The van der Waals surface area contributed by atoms with Crippen molar-refractivity contribution in [2.24, 2.45) is 0 Å². The maximum absolute atomic E-state index is 12.4. The van der Waals surface area contributed by atoms with Crippen molar-refractivity contribution in [3.8, 4) is 17.2 Å². The first-order valence-corrected chi connectivity index (χ1v) is 11.0. The Bertz CT molecular complexity index is 996. The summed E-state index contributed by atoms with van der Waals surface area (Å²) in [4.78, 5) is 16.9. The molecule has 1 aliphatic rings. The largest absolute Gasteiger partial charge is 0.353 e. The van der Waals surface area contributed by atoms with Crippen LogP contribution >= 0.6 is 11.8 Å². The molecule has 29 heavy (non-hydrogen) atoms. The van der Waals surface area contributed by atoms with E-state index in [1.165, 1.54) is 30.2 Å². The third-order valence-electron chi connectivity index (χ3n) is 5.17. The van der Waals surface area contributed by atoms with Crippen LogP contribution in [0.5, 0.6) is 0 Å². The normalized spacial score (nSPS) is 14.3. The van der Waals surface area contributed by atoms with Crippen LogP contribution in [0.4, 0.5) is 0 Å². The van der Waals surface area contributed by atoms with Gasteiger partial charge in [-0.15, -0.1) is 10.2 Å².